The average Bonchev–Trinajstić information content (AvgIpc) is 1.95. The SMILES string of the molecule is C[CH]Nc1ccc(Br)cc1. The molecule has 10 heavy (non-hydrogen) atoms. The molecule has 0 heterocycles. The van der Waals surface area contributed by atoms with E-state index in [2.05, 4.69) is 21.2 Å². The highest BCUT2D eigenvalue weighted by atomic mass is 79.9. The lowest BCUT2D eigenvalue weighted by Gasteiger charge is -2.00. The van der Waals surface area contributed by atoms with Crippen LogP contribution in [0.5, 0.6) is 0 Å². The molecule has 1 nitrogen and oxygen atoms in total. The number of hydrogen-bond acceptors (Lipinski definition) is 1. The molecule has 1 radical (unpaired) electrons. The average molecular weight is 199 g/mol. The summed E-state index contributed by atoms with van der Waals surface area (Å²) in [5.41, 5.74) is 1.12. The predicted octanol–water partition coefficient (Wildman–Crippen LogP) is 3.04. The van der Waals surface area contributed by atoms with E-state index in [-0.39, 0.29) is 0 Å². The van der Waals surface area contributed by atoms with Gasteiger partial charge in [-0.15, -0.1) is 0 Å². The Hall–Kier alpha value is -0.500. The van der Waals surface area contributed by atoms with Gasteiger partial charge >= 0.3 is 0 Å². The molecule has 0 aliphatic rings. The number of anilines is 1. The molecule has 2 heteroatoms. The third-order valence-electron chi connectivity index (χ3n) is 1.16. The number of benzene rings is 1. The highest BCUT2D eigenvalue weighted by molar-refractivity contribution is 9.10. The van der Waals surface area contributed by atoms with Gasteiger partial charge in [-0.3, -0.25) is 0 Å². The lowest BCUT2D eigenvalue weighted by molar-refractivity contribution is 1.39. The zero-order chi connectivity index (χ0) is 7.40. The number of nitrogens with one attached hydrogen (secondary N) is 1. The maximum absolute atomic E-state index is 3.36. The van der Waals surface area contributed by atoms with Gasteiger partial charge in [0, 0.05) is 16.7 Å². The fraction of sp³-hybridized carbons (Fsp3) is 0.125. The van der Waals surface area contributed by atoms with E-state index in [1.807, 2.05) is 37.7 Å². The van der Waals surface area contributed by atoms with Gasteiger partial charge in [-0.05, 0) is 31.2 Å². The van der Waals surface area contributed by atoms with Crippen LogP contribution in [0.25, 0.3) is 0 Å². The van der Waals surface area contributed by atoms with Crippen LogP contribution in [0.2, 0.25) is 0 Å². The second-order valence-corrected chi connectivity index (χ2v) is 2.86. The van der Waals surface area contributed by atoms with Crippen LogP contribution in [0, 0.1) is 6.54 Å². The van der Waals surface area contributed by atoms with Crippen molar-refractivity contribution in [3.63, 3.8) is 0 Å². The second kappa shape index (κ2) is 3.62. The lowest BCUT2D eigenvalue weighted by Crippen LogP contribution is -1.88. The Bertz CT molecular complexity index is 193. The molecule has 53 valence electrons. The third kappa shape index (κ3) is 2.03. The molecule has 0 aromatic heterocycles. The molecule has 0 atom stereocenters. The first-order valence-corrected chi connectivity index (χ1v) is 3.92. The number of hydrogen-bond donors (Lipinski definition) is 1. The largest absolute Gasteiger partial charge is 0.381 e. The fourth-order valence-corrected chi connectivity index (χ4v) is 0.977. The summed E-state index contributed by atoms with van der Waals surface area (Å²) in [6, 6.07) is 8.05. The van der Waals surface area contributed by atoms with Gasteiger partial charge in [0.25, 0.3) is 0 Å². The van der Waals surface area contributed by atoms with E-state index in [0.29, 0.717) is 0 Å². The summed E-state index contributed by atoms with van der Waals surface area (Å²) >= 11 is 3.36. The predicted molar refractivity (Wildman–Crippen MR) is 47.7 cm³/mol. The highest BCUT2D eigenvalue weighted by Crippen LogP contribution is 2.13. The van der Waals surface area contributed by atoms with Crippen molar-refractivity contribution < 1.29 is 0 Å². The first-order chi connectivity index (χ1) is 4.83. The zero-order valence-corrected chi connectivity index (χ0v) is 7.35. The molecule has 1 N–H and O–H groups in total. The van der Waals surface area contributed by atoms with E-state index in [1.54, 1.807) is 0 Å². The monoisotopic (exact) mass is 198 g/mol. The molecular formula is C8H9BrN. The molecule has 0 saturated carbocycles. The van der Waals surface area contributed by atoms with E-state index < -0.39 is 0 Å². The minimum absolute atomic E-state index is 1.11. The van der Waals surface area contributed by atoms with Crippen molar-refractivity contribution in [2.24, 2.45) is 0 Å². The van der Waals surface area contributed by atoms with Crippen molar-refractivity contribution in [1.82, 2.24) is 0 Å². The Morgan fingerprint density at radius 3 is 2.40 bits per heavy atom. The lowest BCUT2D eigenvalue weighted by atomic mass is 10.3. The Labute approximate surface area is 69.6 Å². The van der Waals surface area contributed by atoms with E-state index in [9.17, 15) is 0 Å². The van der Waals surface area contributed by atoms with Crippen LogP contribution >= 0.6 is 15.9 Å². The molecule has 1 aromatic carbocycles. The minimum atomic E-state index is 1.11. The van der Waals surface area contributed by atoms with Crippen LogP contribution in [0.4, 0.5) is 5.69 Å². The quantitative estimate of drug-likeness (QED) is 0.771. The van der Waals surface area contributed by atoms with Crippen LogP contribution in [0.15, 0.2) is 28.7 Å². The summed E-state index contributed by atoms with van der Waals surface area (Å²) in [5, 5.41) is 3.09. The van der Waals surface area contributed by atoms with Crippen molar-refractivity contribution in [3.8, 4) is 0 Å². The first-order valence-electron chi connectivity index (χ1n) is 3.13. The van der Waals surface area contributed by atoms with Crippen LogP contribution in [-0.4, -0.2) is 0 Å². The van der Waals surface area contributed by atoms with Gasteiger partial charge in [0.2, 0.25) is 0 Å². The van der Waals surface area contributed by atoms with Crippen molar-refractivity contribution in [1.29, 1.82) is 0 Å². The van der Waals surface area contributed by atoms with Gasteiger partial charge in [0.1, 0.15) is 0 Å². The summed E-state index contributed by atoms with van der Waals surface area (Å²) in [6.07, 6.45) is 0. The van der Waals surface area contributed by atoms with Crippen LogP contribution in [0.3, 0.4) is 0 Å². The molecule has 0 unspecified atom stereocenters. The highest BCUT2D eigenvalue weighted by Gasteiger charge is 1.87. The van der Waals surface area contributed by atoms with Crippen LogP contribution in [0.1, 0.15) is 6.92 Å². The molecule has 1 aromatic rings. The topological polar surface area (TPSA) is 12.0 Å². The normalized spacial score (nSPS) is 9.40. The molecule has 0 saturated heterocycles. The third-order valence-corrected chi connectivity index (χ3v) is 1.68. The van der Waals surface area contributed by atoms with Crippen LogP contribution < -0.4 is 5.32 Å². The number of halogens is 1. The van der Waals surface area contributed by atoms with E-state index >= 15 is 0 Å². The standard InChI is InChI=1S/C8H9BrN/c1-2-10-8-5-3-7(9)4-6-8/h2-6,10H,1H3. The van der Waals surface area contributed by atoms with Crippen molar-refractivity contribution in [2.45, 2.75) is 6.92 Å². The molecule has 0 bridgehead atoms. The maximum Gasteiger partial charge on any atom is 0.0431 e. The van der Waals surface area contributed by atoms with Crippen LogP contribution in [-0.2, 0) is 0 Å². The summed E-state index contributed by atoms with van der Waals surface area (Å²) in [4.78, 5) is 0. The minimum Gasteiger partial charge on any atom is -0.381 e. The van der Waals surface area contributed by atoms with Crippen molar-refractivity contribution in [3.05, 3.63) is 35.3 Å². The van der Waals surface area contributed by atoms with Gasteiger partial charge in [-0.1, -0.05) is 15.9 Å². The summed E-state index contributed by atoms with van der Waals surface area (Å²) in [7, 11) is 0. The molecule has 1 rings (SSSR count). The molecular weight excluding hydrogens is 190 g/mol. The van der Waals surface area contributed by atoms with Gasteiger partial charge < -0.3 is 5.32 Å². The van der Waals surface area contributed by atoms with Crippen molar-refractivity contribution in [2.75, 3.05) is 5.32 Å². The Morgan fingerprint density at radius 1 is 1.30 bits per heavy atom. The van der Waals surface area contributed by atoms with Crippen molar-refractivity contribution >= 4 is 21.6 Å². The Balaban J connectivity index is 2.69. The molecule has 0 fully saturated rings. The molecule has 0 aliphatic carbocycles. The summed E-state index contributed by atoms with van der Waals surface area (Å²) < 4.78 is 1.11. The fourth-order valence-electron chi connectivity index (χ4n) is 0.713. The van der Waals surface area contributed by atoms with Gasteiger partial charge in [0.15, 0.2) is 0 Å². The maximum atomic E-state index is 3.36. The molecule has 0 spiro atoms. The molecule has 0 aliphatic heterocycles. The van der Waals surface area contributed by atoms with E-state index in [0.717, 1.165) is 10.2 Å². The Morgan fingerprint density at radius 2 is 1.90 bits per heavy atom. The first kappa shape index (κ1) is 7.61. The molecule has 0 amide bonds. The second-order valence-electron chi connectivity index (χ2n) is 1.94. The van der Waals surface area contributed by atoms with Gasteiger partial charge in [0.05, 0.1) is 0 Å². The van der Waals surface area contributed by atoms with Gasteiger partial charge in [-0.2, -0.15) is 0 Å². The smallest absolute Gasteiger partial charge is 0.0431 e. The summed E-state index contributed by atoms with van der Waals surface area (Å²) in [5.74, 6) is 0. The Kier molecular flexibility index (Phi) is 2.75. The number of rotatable bonds is 2. The zero-order valence-electron chi connectivity index (χ0n) is 5.76. The van der Waals surface area contributed by atoms with E-state index in [4.69, 9.17) is 0 Å². The summed E-state index contributed by atoms with van der Waals surface area (Å²) in [6.45, 7) is 3.87. The van der Waals surface area contributed by atoms with Gasteiger partial charge in [-0.25, -0.2) is 0 Å². The van der Waals surface area contributed by atoms with E-state index in [1.165, 1.54) is 0 Å².